The SMILES string of the molecule is C=C1CC[C@@]2(C)[C@@H]([C@@H]1C)[C@@H]1CC[C@H]3[C@]4(C)CC[C@H](O)C(C)(C)[C@H]4CC[C@@]3(C)[C@]1(C)C[C@@H]2O. The Hall–Kier alpha value is -0.340. The summed E-state index contributed by atoms with van der Waals surface area (Å²) < 4.78 is 0. The fraction of sp³-hybridized carbons (Fsp3) is 0.933. The van der Waals surface area contributed by atoms with Crippen molar-refractivity contribution in [1.82, 2.24) is 0 Å². The van der Waals surface area contributed by atoms with Crippen LogP contribution in [-0.4, -0.2) is 22.4 Å². The van der Waals surface area contributed by atoms with Crippen LogP contribution >= 0.6 is 0 Å². The summed E-state index contributed by atoms with van der Waals surface area (Å²) in [6.07, 6.45) is 10.1. The second kappa shape index (κ2) is 6.87. The minimum Gasteiger partial charge on any atom is -0.393 e. The highest BCUT2D eigenvalue weighted by molar-refractivity contribution is 5.22. The standard InChI is InChI=1S/C30H50O2/c1-18-11-14-28(6)24(32)17-30(8)20(25(28)19(18)2)9-10-22-27(5)15-13-23(31)26(3,4)21(27)12-16-29(22,30)7/h19-25,31-32H,1,9-17H2,2-8H3/t19-,20+,21-,22+,23+,24+,25+,27-,28-,29-,30-/m1/s1. The van der Waals surface area contributed by atoms with Gasteiger partial charge < -0.3 is 10.2 Å². The van der Waals surface area contributed by atoms with E-state index in [2.05, 4.69) is 55.0 Å². The van der Waals surface area contributed by atoms with Gasteiger partial charge in [-0.25, -0.2) is 0 Å². The molecule has 2 N–H and O–H groups in total. The van der Waals surface area contributed by atoms with Crippen LogP contribution < -0.4 is 0 Å². The summed E-state index contributed by atoms with van der Waals surface area (Å²) in [6, 6.07) is 0. The van der Waals surface area contributed by atoms with Gasteiger partial charge in [0.1, 0.15) is 0 Å². The fourth-order valence-electron chi connectivity index (χ4n) is 11.4. The minimum atomic E-state index is -0.199. The summed E-state index contributed by atoms with van der Waals surface area (Å²) in [7, 11) is 0. The summed E-state index contributed by atoms with van der Waals surface area (Å²) in [5, 5.41) is 22.6. The van der Waals surface area contributed by atoms with Crippen molar-refractivity contribution in [2.75, 3.05) is 0 Å². The molecule has 5 aliphatic rings. The van der Waals surface area contributed by atoms with Crippen LogP contribution in [0.2, 0.25) is 0 Å². The van der Waals surface area contributed by atoms with Crippen molar-refractivity contribution >= 4 is 0 Å². The van der Waals surface area contributed by atoms with Gasteiger partial charge in [0.2, 0.25) is 0 Å². The normalized spacial score (nSPS) is 59.4. The molecule has 0 aromatic rings. The molecule has 0 unspecified atom stereocenters. The van der Waals surface area contributed by atoms with E-state index >= 15 is 0 Å². The number of aliphatic hydroxyl groups excluding tert-OH is 2. The molecule has 0 aliphatic heterocycles. The van der Waals surface area contributed by atoms with Crippen LogP contribution in [0.3, 0.4) is 0 Å². The van der Waals surface area contributed by atoms with Crippen LogP contribution in [0.1, 0.15) is 106 Å². The number of allylic oxidation sites excluding steroid dienone is 1. The maximum atomic E-state index is 11.7. The zero-order valence-corrected chi connectivity index (χ0v) is 22.0. The average molecular weight is 443 g/mol. The van der Waals surface area contributed by atoms with E-state index in [1.165, 1.54) is 37.7 Å². The van der Waals surface area contributed by atoms with Crippen molar-refractivity contribution < 1.29 is 10.2 Å². The van der Waals surface area contributed by atoms with Gasteiger partial charge in [0.25, 0.3) is 0 Å². The first-order valence-electron chi connectivity index (χ1n) is 13.8. The van der Waals surface area contributed by atoms with E-state index in [1.54, 1.807) is 0 Å². The molecule has 0 radical (unpaired) electrons. The van der Waals surface area contributed by atoms with Gasteiger partial charge in [0, 0.05) is 0 Å². The van der Waals surface area contributed by atoms with Gasteiger partial charge in [0.15, 0.2) is 0 Å². The lowest BCUT2D eigenvalue weighted by molar-refractivity contribution is -0.269. The van der Waals surface area contributed by atoms with E-state index in [9.17, 15) is 10.2 Å². The van der Waals surface area contributed by atoms with Crippen molar-refractivity contribution in [3.8, 4) is 0 Å². The first-order chi connectivity index (χ1) is 14.7. The summed E-state index contributed by atoms with van der Waals surface area (Å²) >= 11 is 0. The molecular weight excluding hydrogens is 392 g/mol. The summed E-state index contributed by atoms with van der Waals surface area (Å²) in [5.74, 6) is 3.06. The van der Waals surface area contributed by atoms with Gasteiger partial charge in [-0.05, 0) is 114 Å². The zero-order chi connectivity index (χ0) is 23.5. The van der Waals surface area contributed by atoms with Crippen molar-refractivity contribution in [1.29, 1.82) is 0 Å². The van der Waals surface area contributed by atoms with Gasteiger partial charge >= 0.3 is 0 Å². The molecule has 0 aromatic heterocycles. The molecule has 2 heteroatoms. The molecule has 5 fully saturated rings. The van der Waals surface area contributed by atoms with Gasteiger partial charge in [-0.2, -0.15) is 0 Å². The minimum absolute atomic E-state index is 0.00631. The highest BCUT2D eigenvalue weighted by atomic mass is 16.3. The van der Waals surface area contributed by atoms with Crippen molar-refractivity contribution in [2.45, 2.75) is 118 Å². The van der Waals surface area contributed by atoms with Crippen LogP contribution in [0.5, 0.6) is 0 Å². The van der Waals surface area contributed by atoms with Crippen LogP contribution in [0.15, 0.2) is 12.2 Å². The topological polar surface area (TPSA) is 40.5 Å². The molecule has 0 spiro atoms. The molecule has 182 valence electrons. The lowest BCUT2D eigenvalue weighted by atomic mass is 9.31. The quantitative estimate of drug-likeness (QED) is 0.397. The lowest BCUT2D eigenvalue weighted by Crippen LogP contribution is -2.69. The molecule has 0 aromatic carbocycles. The van der Waals surface area contributed by atoms with E-state index in [-0.39, 0.29) is 33.9 Å². The molecule has 32 heavy (non-hydrogen) atoms. The highest BCUT2D eigenvalue weighted by Crippen LogP contribution is 2.76. The zero-order valence-electron chi connectivity index (χ0n) is 22.0. The van der Waals surface area contributed by atoms with E-state index in [1.807, 2.05) is 0 Å². The Morgan fingerprint density at radius 1 is 0.750 bits per heavy atom. The van der Waals surface area contributed by atoms with Crippen LogP contribution in [0.4, 0.5) is 0 Å². The lowest BCUT2D eigenvalue weighted by Gasteiger charge is -2.74. The van der Waals surface area contributed by atoms with E-state index in [4.69, 9.17) is 0 Å². The number of hydrogen-bond donors (Lipinski definition) is 2. The third-order valence-corrected chi connectivity index (χ3v) is 13.7. The molecule has 0 amide bonds. The van der Waals surface area contributed by atoms with Crippen LogP contribution in [0, 0.1) is 56.7 Å². The Labute approximate surface area is 197 Å². The number of rotatable bonds is 0. The van der Waals surface area contributed by atoms with Crippen molar-refractivity contribution in [3.63, 3.8) is 0 Å². The van der Waals surface area contributed by atoms with Crippen LogP contribution in [-0.2, 0) is 0 Å². The molecule has 0 saturated heterocycles. The first kappa shape index (κ1) is 23.4. The second-order valence-corrected chi connectivity index (χ2v) is 14.7. The molecular formula is C30H50O2. The molecule has 11 atom stereocenters. The van der Waals surface area contributed by atoms with E-state index in [0.717, 1.165) is 25.7 Å². The Bertz CT molecular complexity index is 801. The van der Waals surface area contributed by atoms with E-state index < -0.39 is 0 Å². The second-order valence-electron chi connectivity index (χ2n) is 14.7. The average Bonchev–Trinajstić information content (AvgIpc) is 2.70. The molecule has 0 bridgehead atoms. The Balaban J connectivity index is 1.57. The van der Waals surface area contributed by atoms with Gasteiger partial charge in [-0.15, -0.1) is 0 Å². The monoisotopic (exact) mass is 442 g/mol. The first-order valence-corrected chi connectivity index (χ1v) is 13.8. The predicted octanol–water partition coefficient (Wildman–Crippen LogP) is 7.00. The molecule has 5 aliphatic carbocycles. The van der Waals surface area contributed by atoms with Crippen molar-refractivity contribution in [3.05, 3.63) is 12.2 Å². The summed E-state index contributed by atoms with van der Waals surface area (Å²) in [4.78, 5) is 0. The number of aliphatic hydroxyl groups is 2. The molecule has 0 heterocycles. The summed E-state index contributed by atoms with van der Waals surface area (Å²) in [6.45, 7) is 21.8. The number of hydrogen-bond acceptors (Lipinski definition) is 2. The van der Waals surface area contributed by atoms with Crippen molar-refractivity contribution in [2.24, 2.45) is 56.7 Å². The highest BCUT2D eigenvalue weighted by Gasteiger charge is 2.71. The van der Waals surface area contributed by atoms with Gasteiger partial charge in [0.05, 0.1) is 12.2 Å². The Morgan fingerprint density at radius 2 is 1.44 bits per heavy atom. The Kier molecular flexibility index (Phi) is 5.02. The predicted molar refractivity (Wildman–Crippen MR) is 132 cm³/mol. The summed E-state index contributed by atoms with van der Waals surface area (Å²) in [5.41, 5.74) is 2.23. The third kappa shape index (κ3) is 2.61. The maximum Gasteiger partial charge on any atom is 0.0602 e. The Morgan fingerprint density at radius 3 is 2.12 bits per heavy atom. The third-order valence-electron chi connectivity index (χ3n) is 13.7. The fourth-order valence-corrected chi connectivity index (χ4v) is 11.4. The van der Waals surface area contributed by atoms with Crippen LogP contribution in [0.25, 0.3) is 0 Å². The number of fused-ring (bicyclic) bond motifs is 7. The van der Waals surface area contributed by atoms with Gasteiger partial charge in [-0.3, -0.25) is 0 Å². The largest absolute Gasteiger partial charge is 0.393 e. The maximum absolute atomic E-state index is 11.7. The molecule has 5 saturated carbocycles. The molecule has 2 nitrogen and oxygen atoms in total. The smallest absolute Gasteiger partial charge is 0.0602 e. The van der Waals surface area contributed by atoms with Gasteiger partial charge in [-0.1, -0.05) is 60.6 Å². The van der Waals surface area contributed by atoms with E-state index in [0.29, 0.717) is 35.0 Å². The molecule has 5 rings (SSSR count).